The first-order valence-corrected chi connectivity index (χ1v) is 7.65. The lowest BCUT2D eigenvalue weighted by atomic mass is 9.97. The summed E-state index contributed by atoms with van der Waals surface area (Å²) >= 11 is 4.77. The van der Waals surface area contributed by atoms with Crippen molar-refractivity contribution in [3.8, 4) is 0 Å². The van der Waals surface area contributed by atoms with Crippen molar-refractivity contribution in [3.05, 3.63) is 76.6 Å². The Morgan fingerprint density at radius 3 is 2.17 bits per heavy atom. The number of hydrogen-bond acceptors (Lipinski definition) is 3. The average molecular weight is 340 g/mol. The van der Waals surface area contributed by atoms with Gasteiger partial charge in [0.05, 0.1) is 0 Å². The van der Waals surface area contributed by atoms with Gasteiger partial charge in [0.15, 0.2) is 5.11 Å². The Bertz CT molecular complexity index is 855. The van der Waals surface area contributed by atoms with E-state index in [-0.39, 0.29) is 16.5 Å². The highest BCUT2D eigenvalue weighted by Gasteiger charge is 2.25. The molecular formula is C18H13FN2O2S. The third kappa shape index (κ3) is 3.38. The third-order valence-electron chi connectivity index (χ3n) is 3.64. The molecule has 1 fully saturated rings. The van der Waals surface area contributed by atoms with E-state index in [4.69, 9.17) is 12.2 Å². The van der Waals surface area contributed by atoms with Crippen LogP contribution in [-0.2, 0) is 16.0 Å². The summed E-state index contributed by atoms with van der Waals surface area (Å²) in [5.74, 6) is -1.40. The predicted octanol–water partition coefficient (Wildman–Crippen LogP) is 2.33. The molecule has 6 heteroatoms. The van der Waals surface area contributed by atoms with Gasteiger partial charge in [0.2, 0.25) is 0 Å². The molecule has 2 aromatic rings. The second-order valence-corrected chi connectivity index (χ2v) is 5.67. The third-order valence-corrected chi connectivity index (χ3v) is 3.84. The van der Waals surface area contributed by atoms with Gasteiger partial charge >= 0.3 is 0 Å². The monoisotopic (exact) mass is 340 g/mol. The SMILES string of the molecule is O=C1NC(=S)NC(=O)C1=Cc1ccccc1Cc1ccccc1F. The van der Waals surface area contributed by atoms with E-state index in [1.54, 1.807) is 30.3 Å². The molecule has 1 aliphatic rings. The van der Waals surface area contributed by atoms with E-state index in [9.17, 15) is 14.0 Å². The smallest absolute Gasteiger partial charge is 0.263 e. The van der Waals surface area contributed by atoms with Crippen LogP contribution in [0.5, 0.6) is 0 Å². The Morgan fingerprint density at radius 2 is 1.50 bits per heavy atom. The summed E-state index contributed by atoms with van der Waals surface area (Å²) in [6.45, 7) is 0. The number of carbonyl (C=O) groups excluding carboxylic acids is 2. The van der Waals surface area contributed by atoms with Gasteiger partial charge in [-0.1, -0.05) is 42.5 Å². The zero-order valence-corrected chi connectivity index (χ0v) is 13.3. The van der Waals surface area contributed by atoms with Gasteiger partial charge in [0.1, 0.15) is 11.4 Å². The molecule has 3 rings (SSSR count). The molecule has 24 heavy (non-hydrogen) atoms. The van der Waals surface area contributed by atoms with Gasteiger partial charge in [-0.25, -0.2) is 4.39 Å². The molecule has 2 aromatic carbocycles. The Balaban J connectivity index is 1.97. The maximum atomic E-state index is 13.9. The standard InChI is InChI=1S/C18H13FN2O2S/c19-15-8-4-3-7-13(15)9-11-5-1-2-6-12(11)10-14-16(22)20-18(24)21-17(14)23/h1-8,10H,9H2,(H2,20,21,22,23,24). The first kappa shape index (κ1) is 16.0. The van der Waals surface area contributed by atoms with E-state index >= 15 is 0 Å². The minimum absolute atomic E-state index is 0.0122. The highest BCUT2D eigenvalue weighted by molar-refractivity contribution is 7.80. The topological polar surface area (TPSA) is 58.2 Å². The van der Waals surface area contributed by atoms with Crippen LogP contribution in [0.4, 0.5) is 4.39 Å². The number of benzene rings is 2. The fourth-order valence-electron chi connectivity index (χ4n) is 2.44. The fourth-order valence-corrected chi connectivity index (χ4v) is 2.63. The van der Waals surface area contributed by atoms with Crippen LogP contribution < -0.4 is 10.6 Å². The largest absolute Gasteiger partial charge is 0.299 e. The number of thiocarbonyl (C=S) groups is 1. The summed E-state index contributed by atoms with van der Waals surface area (Å²) < 4.78 is 13.9. The van der Waals surface area contributed by atoms with Crippen molar-refractivity contribution in [2.45, 2.75) is 6.42 Å². The average Bonchev–Trinajstić information content (AvgIpc) is 2.54. The lowest BCUT2D eigenvalue weighted by molar-refractivity contribution is -0.123. The Morgan fingerprint density at radius 1 is 0.917 bits per heavy atom. The van der Waals surface area contributed by atoms with Crippen molar-refractivity contribution in [2.75, 3.05) is 0 Å². The summed E-state index contributed by atoms with van der Waals surface area (Å²) in [4.78, 5) is 23.9. The van der Waals surface area contributed by atoms with Crippen LogP contribution in [0.3, 0.4) is 0 Å². The van der Waals surface area contributed by atoms with Gasteiger partial charge in [0.25, 0.3) is 11.8 Å². The molecule has 0 bridgehead atoms. The normalized spacial score (nSPS) is 14.2. The molecule has 1 aliphatic heterocycles. The number of hydrogen-bond donors (Lipinski definition) is 2. The number of amides is 2. The van der Waals surface area contributed by atoms with Crippen LogP contribution >= 0.6 is 12.2 Å². The molecule has 4 nitrogen and oxygen atoms in total. The molecule has 120 valence electrons. The minimum Gasteiger partial charge on any atom is -0.299 e. The van der Waals surface area contributed by atoms with E-state index in [0.29, 0.717) is 17.5 Å². The van der Waals surface area contributed by atoms with Gasteiger partial charge < -0.3 is 0 Å². The lowest BCUT2D eigenvalue weighted by Crippen LogP contribution is -2.51. The first-order valence-electron chi connectivity index (χ1n) is 7.24. The van der Waals surface area contributed by atoms with Crippen molar-refractivity contribution in [1.82, 2.24) is 10.6 Å². The quantitative estimate of drug-likeness (QED) is 0.512. The summed E-state index contributed by atoms with van der Waals surface area (Å²) in [5, 5.41) is 4.77. The van der Waals surface area contributed by atoms with E-state index in [2.05, 4.69) is 10.6 Å². The van der Waals surface area contributed by atoms with Crippen molar-refractivity contribution in [2.24, 2.45) is 0 Å². The molecular weight excluding hydrogens is 327 g/mol. The number of rotatable bonds is 3. The summed E-state index contributed by atoms with van der Waals surface area (Å²) in [6.07, 6.45) is 1.84. The van der Waals surface area contributed by atoms with Crippen molar-refractivity contribution < 1.29 is 14.0 Å². The highest BCUT2D eigenvalue weighted by Crippen LogP contribution is 2.19. The van der Waals surface area contributed by atoms with Crippen LogP contribution in [-0.4, -0.2) is 16.9 Å². The van der Waals surface area contributed by atoms with E-state index < -0.39 is 11.8 Å². The van der Waals surface area contributed by atoms with Gasteiger partial charge in [0, 0.05) is 6.42 Å². The maximum Gasteiger partial charge on any atom is 0.263 e. The predicted molar refractivity (Wildman–Crippen MR) is 92.5 cm³/mol. The maximum absolute atomic E-state index is 13.9. The van der Waals surface area contributed by atoms with Gasteiger partial charge in [-0.2, -0.15) is 0 Å². The van der Waals surface area contributed by atoms with E-state index in [1.807, 2.05) is 12.1 Å². The first-order chi connectivity index (χ1) is 11.5. The zero-order chi connectivity index (χ0) is 17.1. The van der Waals surface area contributed by atoms with Crippen molar-refractivity contribution in [1.29, 1.82) is 0 Å². The summed E-state index contributed by atoms with van der Waals surface area (Å²) in [5.41, 5.74) is 1.99. The highest BCUT2D eigenvalue weighted by atomic mass is 32.1. The Labute approximate surface area is 143 Å². The van der Waals surface area contributed by atoms with Gasteiger partial charge in [-0.05, 0) is 41.1 Å². The van der Waals surface area contributed by atoms with Crippen LogP contribution in [0.25, 0.3) is 6.08 Å². The Kier molecular flexibility index (Phi) is 4.48. The number of halogens is 1. The molecule has 0 aromatic heterocycles. The van der Waals surface area contributed by atoms with Gasteiger partial charge in [-0.15, -0.1) is 0 Å². The molecule has 0 saturated carbocycles. The van der Waals surface area contributed by atoms with Crippen molar-refractivity contribution >= 4 is 35.2 Å². The molecule has 1 saturated heterocycles. The van der Waals surface area contributed by atoms with Crippen LogP contribution in [0.2, 0.25) is 0 Å². The molecule has 0 aliphatic carbocycles. The van der Waals surface area contributed by atoms with E-state index in [0.717, 1.165) is 5.56 Å². The van der Waals surface area contributed by atoms with Crippen LogP contribution in [0, 0.1) is 5.82 Å². The lowest BCUT2D eigenvalue weighted by Gasteiger charge is -2.17. The van der Waals surface area contributed by atoms with Crippen LogP contribution in [0.15, 0.2) is 54.1 Å². The van der Waals surface area contributed by atoms with Crippen LogP contribution in [0.1, 0.15) is 16.7 Å². The summed E-state index contributed by atoms with van der Waals surface area (Å²) in [7, 11) is 0. The second-order valence-electron chi connectivity index (χ2n) is 5.26. The number of carbonyl (C=O) groups is 2. The molecule has 1 heterocycles. The second kappa shape index (κ2) is 6.72. The summed E-state index contributed by atoms with van der Waals surface area (Å²) in [6, 6.07) is 13.7. The molecule has 0 atom stereocenters. The zero-order valence-electron chi connectivity index (χ0n) is 12.5. The van der Waals surface area contributed by atoms with E-state index in [1.165, 1.54) is 12.1 Å². The fraction of sp³-hybridized carbons (Fsp3) is 0.0556. The number of nitrogens with one attached hydrogen (secondary N) is 2. The molecule has 2 N–H and O–H groups in total. The van der Waals surface area contributed by atoms with Gasteiger partial charge in [-0.3, -0.25) is 20.2 Å². The molecule has 0 radical (unpaired) electrons. The van der Waals surface area contributed by atoms with Crippen molar-refractivity contribution in [3.63, 3.8) is 0 Å². The molecule has 0 unspecified atom stereocenters. The molecule has 2 amide bonds. The minimum atomic E-state index is -0.551. The Hall–Kier alpha value is -2.86. The molecule has 0 spiro atoms.